The first-order chi connectivity index (χ1) is 10.7. The summed E-state index contributed by atoms with van der Waals surface area (Å²) in [4.78, 5) is 12.1. The molecule has 1 atom stereocenters. The molecule has 6 heteroatoms. The molecular formula is C17H23ClN4O. The van der Waals surface area contributed by atoms with Gasteiger partial charge >= 0.3 is 0 Å². The van der Waals surface area contributed by atoms with Gasteiger partial charge in [0, 0.05) is 18.3 Å². The third-order valence-electron chi connectivity index (χ3n) is 4.11. The van der Waals surface area contributed by atoms with E-state index < -0.39 is 0 Å². The molecule has 2 heterocycles. The average Bonchev–Trinajstić information content (AvgIpc) is 3.19. The number of benzene rings is 1. The maximum absolute atomic E-state index is 12.1. The lowest BCUT2D eigenvalue weighted by Gasteiger charge is -2.09. The fraction of sp³-hybridized carbons (Fsp3) is 0.412. The molecule has 2 aromatic rings. The second-order valence-corrected chi connectivity index (χ2v) is 5.91. The number of aryl methyl sites for hydroxylation is 1. The van der Waals surface area contributed by atoms with Gasteiger partial charge in [-0.15, -0.1) is 12.4 Å². The summed E-state index contributed by atoms with van der Waals surface area (Å²) in [5.74, 6) is 0.694. The minimum atomic E-state index is -0.00541. The number of hydrogen-bond acceptors (Lipinski definition) is 3. The average molecular weight is 335 g/mol. The lowest BCUT2D eigenvalue weighted by atomic mass is 10.1. The summed E-state index contributed by atoms with van der Waals surface area (Å²) in [6.07, 6.45) is 6.04. The van der Waals surface area contributed by atoms with E-state index in [-0.39, 0.29) is 18.3 Å². The van der Waals surface area contributed by atoms with Crippen molar-refractivity contribution in [2.24, 2.45) is 5.92 Å². The summed E-state index contributed by atoms with van der Waals surface area (Å²) in [6, 6.07) is 7.53. The Balaban J connectivity index is 0.00000192. The van der Waals surface area contributed by atoms with Gasteiger partial charge in [0.15, 0.2) is 0 Å². The van der Waals surface area contributed by atoms with Crippen LogP contribution in [0, 0.1) is 12.8 Å². The number of carbonyl (C=O) groups excluding carboxylic acids is 1. The first-order valence-electron chi connectivity index (χ1n) is 7.83. The molecular weight excluding hydrogens is 312 g/mol. The van der Waals surface area contributed by atoms with E-state index in [4.69, 9.17) is 0 Å². The van der Waals surface area contributed by atoms with E-state index in [9.17, 15) is 4.79 Å². The van der Waals surface area contributed by atoms with Crippen LogP contribution < -0.4 is 10.6 Å². The van der Waals surface area contributed by atoms with E-state index in [0.717, 1.165) is 37.3 Å². The SMILES string of the molecule is Cc1cnn(-c2ccc(C(=O)NCCC3CCNC3)cc2)c1.Cl. The van der Waals surface area contributed by atoms with E-state index in [0.29, 0.717) is 11.5 Å². The zero-order valence-electron chi connectivity index (χ0n) is 13.3. The van der Waals surface area contributed by atoms with Crippen molar-refractivity contribution in [2.75, 3.05) is 19.6 Å². The molecule has 2 N–H and O–H groups in total. The van der Waals surface area contributed by atoms with Gasteiger partial charge in [0.25, 0.3) is 5.91 Å². The molecule has 0 radical (unpaired) electrons. The summed E-state index contributed by atoms with van der Waals surface area (Å²) in [5, 5.41) is 10.6. The maximum atomic E-state index is 12.1. The van der Waals surface area contributed by atoms with Crippen molar-refractivity contribution in [3.8, 4) is 5.69 Å². The van der Waals surface area contributed by atoms with E-state index in [1.54, 1.807) is 0 Å². The monoisotopic (exact) mass is 334 g/mol. The Kier molecular flexibility index (Phi) is 6.19. The number of amides is 1. The smallest absolute Gasteiger partial charge is 0.251 e. The van der Waals surface area contributed by atoms with Crippen molar-refractivity contribution in [2.45, 2.75) is 19.8 Å². The molecule has 1 amide bonds. The van der Waals surface area contributed by atoms with Crippen LogP contribution >= 0.6 is 12.4 Å². The summed E-state index contributed by atoms with van der Waals surface area (Å²) in [5.41, 5.74) is 2.77. The number of halogens is 1. The van der Waals surface area contributed by atoms with Crippen LogP contribution in [0.25, 0.3) is 5.69 Å². The highest BCUT2D eigenvalue weighted by Crippen LogP contribution is 2.12. The number of nitrogens with one attached hydrogen (secondary N) is 2. The Morgan fingerprint density at radius 1 is 1.39 bits per heavy atom. The largest absolute Gasteiger partial charge is 0.352 e. The predicted molar refractivity (Wildman–Crippen MR) is 93.5 cm³/mol. The highest BCUT2D eigenvalue weighted by atomic mass is 35.5. The molecule has 23 heavy (non-hydrogen) atoms. The molecule has 0 saturated carbocycles. The van der Waals surface area contributed by atoms with Crippen molar-refractivity contribution in [3.05, 3.63) is 47.8 Å². The summed E-state index contributed by atoms with van der Waals surface area (Å²) >= 11 is 0. The minimum Gasteiger partial charge on any atom is -0.352 e. The Morgan fingerprint density at radius 2 is 2.17 bits per heavy atom. The lowest BCUT2D eigenvalue weighted by molar-refractivity contribution is 0.0951. The molecule has 0 spiro atoms. The predicted octanol–water partition coefficient (Wildman–Crippen LogP) is 2.33. The van der Waals surface area contributed by atoms with Crippen LogP contribution in [0.1, 0.15) is 28.8 Å². The highest BCUT2D eigenvalue weighted by Gasteiger charge is 2.14. The van der Waals surface area contributed by atoms with Crippen LogP contribution in [0.3, 0.4) is 0 Å². The molecule has 1 aromatic carbocycles. The topological polar surface area (TPSA) is 59.0 Å². The molecule has 0 aliphatic carbocycles. The van der Waals surface area contributed by atoms with Crippen LogP contribution in [0.2, 0.25) is 0 Å². The zero-order chi connectivity index (χ0) is 15.4. The summed E-state index contributed by atoms with van der Waals surface area (Å²) < 4.78 is 1.81. The summed E-state index contributed by atoms with van der Waals surface area (Å²) in [7, 11) is 0. The molecule has 1 aliphatic rings. The van der Waals surface area contributed by atoms with Gasteiger partial charge in [-0.3, -0.25) is 4.79 Å². The molecule has 1 fully saturated rings. The van der Waals surface area contributed by atoms with Crippen LogP contribution in [0.4, 0.5) is 0 Å². The molecule has 5 nitrogen and oxygen atoms in total. The third kappa shape index (κ3) is 4.56. The number of nitrogens with zero attached hydrogens (tertiary/aromatic N) is 2. The molecule has 1 saturated heterocycles. The van der Waals surface area contributed by atoms with Crippen molar-refractivity contribution < 1.29 is 4.79 Å². The number of hydrogen-bond donors (Lipinski definition) is 2. The highest BCUT2D eigenvalue weighted by molar-refractivity contribution is 5.94. The van der Waals surface area contributed by atoms with Crippen LogP contribution in [-0.2, 0) is 0 Å². The summed E-state index contributed by atoms with van der Waals surface area (Å²) in [6.45, 7) is 4.93. The number of aromatic nitrogens is 2. The number of carbonyl (C=O) groups is 1. The third-order valence-corrected chi connectivity index (χ3v) is 4.11. The van der Waals surface area contributed by atoms with Gasteiger partial charge in [0.1, 0.15) is 0 Å². The second kappa shape index (κ2) is 8.13. The molecule has 1 unspecified atom stereocenters. The first-order valence-corrected chi connectivity index (χ1v) is 7.83. The molecule has 1 aromatic heterocycles. The standard InChI is InChI=1S/C17H22N4O.ClH/c1-13-10-20-21(12-13)16-4-2-15(3-5-16)17(22)19-9-7-14-6-8-18-11-14;/h2-5,10,12,14,18H,6-9,11H2,1H3,(H,19,22);1H. The van der Waals surface area contributed by atoms with Gasteiger partial charge in [-0.05, 0) is 68.6 Å². The fourth-order valence-electron chi connectivity index (χ4n) is 2.77. The van der Waals surface area contributed by atoms with Gasteiger partial charge in [0.05, 0.1) is 11.9 Å². The van der Waals surface area contributed by atoms with Crippen molar-refractivity contribution in [1.29, 1.82) is 0 Å². The Bertz CT molecular complexity index is 632. The Morgan fingerprint density at radius 3 is 2.78 bits per heavy atom. The first kappa shape index (κ1) is 17.5. The fourth-order valence-corrected chi connectivity index (χ4v) is 2.77. The van der Waals surface area contributed by atoms with Gasteiger partial charge < -0.3 is 10.6 Å². The Labute approximate surface area is 142 Å². The van der Waals surface area contributed by atoms with Crippen LogP contribution in [-0.4, -0.2) is 35.3 Å². The van der Waals surface area contributed by atoms with Crippen molar-refractivity contribution in [3.63, 3.8) is 0 Å². The normalized spacial score (nSPS) is 16.8. The molecule has 1 aliphatic heterocycles. The quantitative estimate of drug-likeness (QED) is 0.882. The molecule has 0 bridgehead atoms. The number of rotatable bonds is 5. The zero-order valence-corrected chi connectivity index (χ0v) is 14.1. The van der Waals surface area contributed by atoms with Gasteiger partial charge in [-0.1, -0.05) is 0 Å². The molecule has 124 valence electrons. The Hall–Kier alpha value is -1.85. The van der Waals surface area contributed by atoms with Crippen molar-refractivity contribution in [1.82, 2.24) is 20.4 Å². The maximum Gasteiger partial charge on any atom is 0.251 e. The minimum absolute atomic E-state index is 0. The van der Waals surface area contributed by atoms with Crippen LogP contribution in [0.15, 0.2) is 36.7 Å². The van der Waals surface area contributed by atoms with E-state index in [1.165, 1.54) is 6.42 Å². The van der Waals surface area contributed by atoms with E-state index >= 15 is 0 Å². The molecule has 3 rings (SSSR count). The van der Waals surface area contributed by atoms with Crippen LogP contribution in [0.5, 0.6) is 0 Å². The van der Waals surface area contributed by atoms with Gasteiger partial charge in [-0.25, -0.2) is 4.68 Å². The second-order valence-electron chi connectivity index (χ2n) is 5.91. The lowest BCUT2D eigenvalue weighted by Crippen LogP contribution is -2.26. The van der Waals surface area contributed by atoms with Crippen molar-refractivity contribution >= 4 is 18.3 Å². The van der Waals surface area contributed by atoms with E-state index in [2.05, 4.69) is 15.7 Å². The van der Waals surface area contributed by atoms with E-state index in [1.807, 2.05) is 48.3 Å². The van der Waals surface area contributed by atoms with Gasteiger partial charge in [-0.2, -0.15) is 5.10 Å². The van der Waals surface area contributed by atoms with Gasteiger partial charge in [0.2, 0.25) is 0 Å².